The molecule has 8 heteroatoms. The van der Waals surface area contributed by atoms with Crippen LogP contribution in [0.3, 0.4) is 0 Å². The highest BCUT2D eigenvalue weighted by molar-refractivity contribution is 6.30. The highest BCUT2D eigenvalue weighted by atomic mass is 35.5. The van der Waals surface area contributed by atoms with E-state index in [1.807, 2.05) is 0 Å². The molecule has 2 aromatic rings. The smallest absolute Gasteiger partial charge is 0.283 e. The molecule has 2 aliphatic rings. The van der Waals surface area contributed by atoms with Crippen LogP contribution in [0.4, 0.5) is 17.1 Å². The first-order valence-corrected chi connectivity index (χ1v) is 7.19. The van der Waals surface area contributed by atoms with Crippen LogP contribution in [0.1, 0.15) is 0 Å². The third kappa shape index (κ3) is 1.95. The summed E-state index contributed by atoms with van der Waals surface area (Å²) in [5.41, 5.74) is 1.35. The van der Waals surface area contributed by atoms with Crippen LogP contribution in [0, 0.1) is 5.21 Å². The number of carbonyl (C=O) groups excluding carboxylic acids is 1. The summed E-state index contributed by atoms with van der Waals surface area (Å²) in [6, 6.07) is 13.3. The molecule has 23 heavy (non-hydrogen) atoms. The van der Waals surface area contributed by atoms with Crippen LogP contribution in [0.2, 0.25) is 5.02 Å². The Balaban J connectivity index is 1.86. The number of hydrogen-bond acceptors (Lipinski definition) is 5. The Morgan fingerprint density at radius 3 is 2.52 bits per heavy atom. The van der Waals surface area contributed by atoms with Gasteiger partial charge in [0.2, 0.25) is 5.70 Å². The summed E-state index contributed by atoms with van der Waals surface area (Å²) in [7, 11) is 0. The first kappa shape index (κ1) is 13.9. The fraction of sp³-hybridized carbons (Fsp3) is 0. The lowest BCUT2D eigenvalue weighted by molar-refractivity contribution is -0.853. The predicted octanol–water partition coefficient (Wildman–Crippen LogP) is 1.56. The third-order valence-electron chi connectivity index (χ3n) is 3.72. The fourth-order valence-corrected chi connectivity index (χ4v) is 2.82. The van der Waals surface area contributed by atoms with E-state index in [0.717, 1.165) is 5.01 Å². The highest BCUT2D eigenvalue weighted by Crippen LogP contribution is 2.35. The number of para-hydroxylation sites is 2. The summed E-state index contributed by atoms with van der Waals surface area (Å²) >= 11 is 5.85. The number of halogens is 1. The van der Waals surface area contributed by atoms with Crippen molar-refractivity contribution in [3.05, 3.63) is 70.3 Å². The first-order valence-electron chi connectivity index (χ1n) is 6.81. The van der Waals surface area contributed by atoms with Crippen LogP contribution in [-0.4, -0.2) is 11.0 Å². The van der Waals surface area contributed by atoms with E-state index >= 15 is 0 Å². The standard InChI is InChI=1S/C15H11ClN4O3/c16-9-5-7-10(8-6-9)18-15(22)13-14(21)17-11-3-1-2-4-12(11)19(13)20(18)23/h1-8,20,22H,(H,17,21). The maximum Gasteiger partial charge on any atom is 0.283 e. The number of fused-ring (bicyclic) bond motifs is 3. The second-order valence-electron chi connectivity index (χ2n) is 5.07. The number of hydrogen-bond donors (Lipinski definition) is 3. The second kappa shape index (κ2) is 4.88. The minimum absolute atomic E-state index is 0.0938. The third-order valence-corrected chi connectivity index (χ3v) is 3.97. The Morgan fingerprint density at radius 1 is 1.09 bits per heavy atom. The van der Waals surface area contributed by atoms with Crippen LogP contribution >= 0.6 is 11.6 Å². The van der Waals surface area contributed by atoms with Gasteiger partial charge in [0.1, 0.15) is 11.4 Å². The van der Waals surface area contributed by atoms with E-state index in [9.17, 15) is 15.1 Å². The van der Waals surface area contributed by atoms with Crippen LogP contribution in [0.15, 0.2) is 60.1 Å². The Morgan fingerprint density at radius 2 is 1.78 bits per heavy atom. The molecular weight excluding hydrogens is 320 g/mol. The van der Waals surface area contributed by atoms with Gasteiger partial charge in [-0.2, -0.15) is 10.3 Å². The van der Waals surface area contributed by atoms with Crippen molar-refractivity contribution in [2.45, 2.75) is 0 Å². The van der Waals surface area contributed by atoms with Gasteiger partial charge in [-0.3, -0.25) is 4.79 Å². The molecule has 2 aromatic carbocycles. The Labute approximate surface area is 136 Å². The quantitative estimate of drug-likeness (QED) is 0.691. The van der Waals surface area contributed by atoms with E-state index in [0.29, 0.717) is 22.1 Å². The molecule has 0 aromatic heterocycles. The molecule has 1 unspecified atom stereocenters. The van der Waals surface area contributed by atoms with Gasteiger partial charge in [0.25, 0.3) is 11.8 Å². The lowest BCUT2D eigenvalue weighted by Gasteiger charge is -2.35. The van der Waals surface area contributed by atoms with Crippen molar-refractivity contribution in [2.24, 2.45) is 0 Å². The van der Waals surface area contributed by atoms with Crippen molar-refractivity contribution in [3.8, 4) is 0 Å². The van der Waals surface area contributed by atoms with E-state index < -0.39 is 17.1 Å². The van der Waals surface area contributed by atoms with Gasteiger partial charge in [-0.25, -0.2) is 0 Å². The van der Waals surface area contributed by atoms with Gasteiger partial charge in [-0.15, -0.1) is 5.01 Å². The molecule has 7 nitrogen and oxygen atoms in total. The monoisotopic (exact) mass is 330 g/mol. The Hall–Kier alpha value is -2.74. The number of anilines is 3. The van der Waals surface area contributed by atoms with E-state index in [2.05, 4.69) is 5.32 Å². The predicted molar refractivity (Wildman–Crippen MR) is 85.5 cm³/mol. The zero-order chi connectivity index (χ0) is 16.1. The van der Waals surface area contributed by atoms with Gasteiger partial charge < -0.3 is 15.6 Å². The molecule has 3 N–H and O–H groups in total. The summed E-state index contributed by atoms with van der Waals surface area (Å²) in [4.78, 5) is 12.3. The molecule has 0 spiro atoms. The van der Waals surface area contributed by atoms with Gasteiger partial charge in [-0.05, 0) is 36.4 Å². The van der Waals surface area contributed by atoms with Gasteiger partial charge in [0.15, 0.2) is 0 Å². The average molecular weight is 331 g/mol. The van der Waals surface area contributed by atoms with Gasteiger partial charge >= 0.3 is 0 Å². The zero-order valence-electron chi connectivity index (χ0n) is 11.7. The number of aliphatic hydroxyl groups excluding tert-OH is 1. The molecule has 1 amide bonds. The second-order valence-corrected chi connectivity index (χ2v) is 5.51. The number of carbonyl (C=O) groups is 1. The number of nitrogens with one attached hydrogen (secondary N) is 2. The van der Waals surface area contributed by atoms with Crippen molar-refractivity contribution in [1.82, 2.24) is 0 Å². The average Bonchev–Trinajstić information content (AvgIpc) is 2.81. The van der Waals surface area contributed by atoms with Crippen molar-refractivity contribution in [2.75, 3.05) is 15.3 Å². The lowest BCUT2D eigenvalue weighted by atomic mass is 10.2. The van der Waals surface area contributed by atoms with E-state index in [1.165, 1.54) is 5.01 Å². The summed E-state index contributed by atoms with van der Waals surface area (Å²) in [6.45, 7) is 0. The molecule has 0 bridgehead atoms. The van der Waals surface area contributed by atoms with Gasteiger partial charge in [0, 0.05) is 5.02 Å². The van der Waals surface area contributed by atoms with Crippen LogP contribution in [0.5, 0.6) is 0 Å². The summed E-state index contributed by atoms with van der Waals surface area (Å²) < 4.78 is 0. The highest BCUT2D eigenvalue weighted by Gasteiger charge is 2.46. The number of nitrogens with zero attached hydrogens (tertiary/aromatic N) is 2. The molecule has 0 fully saturated rings. The molecule has 0 radical (unpaired) electrons. The zero-order valence-corrected chi connectivity index (χ0v) is 12.4. The van der Waals surface area contributed by atoms with Gasteiger partial charge in [-0.1, -0.05) is 23.7 Å². The maximum atomic E-state index is 12.8. The maximum absolute atomic E-state index is 12.8. The molecule has 116 valence electrons. The fourth-order valence-electron chi connectivity index (χ4n) is 2.70. The molecule has 0 saturated carbocycles. The minimum Gasteiger partial charge on any atom is -0.581 e. The molecule has 2 aliphatic heterocycles. The number of amides is 1. The number of aliphatic hydroxyl groups is 1. The summed E-state index contributed by atoms with van der Waals surface area (Å²) in [5, 5.41) is 28.1. The number of benzene rings is 2. The molecular formula is C15H11ClN4O3. The first-order chi connectivity index (χ1) is 11.1. The van der Waals surface area contributed by atoms with Crippen molar-refractivity contribution < 1.29 is 15.2 Å². The topological polar surface area (TPSA) is 83.3 Å². The molecule has 0 aliphatic carbocycles. The largest absolute Gasteiger partial charge is 0.581 e. The Bertz CT molecular complexity index is 837. The normalized spacial score (nSPS) is 19.6. The van der Waals surface area contributed by atoms with E-state index in [1.54, 1.807) is 48.5 Å². The van der Waals surface area contributed by atoms with Crippen LogP contribution in [0.25, 0.3) is 0 Å². The van der Waals surface area contributed by atoms with Crippen molar-refractivity contribution >= 4 is 34.6 Å². The van der Waals surface area contributed by atoms with Crippen molar-refractivity contribution in [3.63, 3.8) is 0 Å². The van der Waals surface area contributed by atoms with Gasteiger partial charge in [0.05, 0.1) is 5.69 Å². The molecule has 2 heterocycles. The van der Waals surface area contributed by atoms with E-state index in [-0.39, 0.29) is 5.70 Å². The molecule has 4 rings (SSSR count). The van der Waals surface area contributed by atoms with E-state index in [4.69, 9.17) is 11.6 Å². The number of rotatable bonds is 1. The van der Waals surface area contributed by atoms with Crippen molar-refractivity contribution in [1.29, 1.82) is 0 Å². The lowest BCUT2D eigenvalue weighted by Crippen LogP contribution is -3.19. The summed E-state index contributed by atoms with van der Waals surface area (Å²) in [6.07, 6.45) is 0. The molecule has 0 saturated heterocycles. The summed E-state index contributed by atoms with van der Waals surface area (Å²) in [5.74, 6) is -0.949. The molecule has 1 atom stereocenters. The van der Waals surface area contributed by atoms with Crippen LogP contribution in [-0.2, 0) is 4.79 Å². The Kier molecular flexibility index (Phi) is 2.95. The SMILES string of the molecule is O=C1Nc2ccccc2N2C1=C(O)N(c1ccc(Cl)cc1)[NH+]2[O-]. The van der Waals surface area contributed by atoms with Crippen LogP contribution < -0.4 is 20.6 Å². The number of quaternary nitrogens is 1. The minimum atomic E-state index is -0.536.